The van der Waals surface area contributed by atoms with Gasteiger partial charge >= 0.3 is 0 Å². The minimum absolute atomic E-state index is 0.243. The third-order valence-electron chi connectivity index (χ3n) is 3.94. The summed E-state index contributed by atoms with van der Waals surface area (Å²) in [6, 6.07) is 2.79. The Morgan fingerprint density at radius 1 is 1.39 bits per heavy atom. The van der Waals surface area contributed by atoms with Gasteiger partial charge in [-0.1, -0.05) is 19.3 Å². The van der Waals surface area contributed by atoms with E-state index in [0.717, 1.165) is 18.8 Å². The lowest BCUT2D eigenvalue weighted by Gasteiger charge is -2.33. The molecule has 1 N–H and O–H groups in total. The number of aryl methyl sites for hydroxylation is 2. The van der Waals surface area contributed by atoms with E-state index < -0.39 is 0 Å². The molecule has 1 aliphatic rings. The highest BCUT2D eigenvalue weighted by Crippen LogP contribution is 2.23. The Morgan fingerprint density at radius 3 is 2.67 bits per heavy atom. The molecule has 1 aromatic heterocycles. The van der Waals surface area contributed by atoms with Gasteiger partial charge in [0.05, 0.1) is 18.0 Å². The normalized spacial score (nSPS) is 17.6. The van der Waals surface area contributed by atoms with Crippen molar-refractivity contribution in [2.75, 3.05) is 13.2 Å². The molecule has 1 heterocycles. The van der Waals surface area contributed by atoms with Crippen molar-refractivity contribution in [3.63, 3.8) is 0 Å². The van der Waals surface area contributed by atoms with Crippen LogP contribution in [0.2, 0.25) is 0 Å². The van der Waals surface area contributed by atoms with Crippen molar-refractivity contribution in [1.29, 1.82) is 0 Å². The number of hydrogen-bond acceptors (Lipinski definition) is 3. The van der Waals surface area contributed by atoms with Crippen LogP contribution in [0, 0.1) is 6.92 Å². The zero-order valence-corrected chi connectivity index (χ0v) is 11.6. The summed E-state index contributed by atoms with van der Waals surface area (Å²) in [5.74, 6) is 0. The fourth-order valence-corrected chi connectivity index (χ4v) is 2.99. The van der Waals surface area contributed by atoms with Crippen LogP contribution in [0.4, 0.5) is 0 Å². The van der Waals surface area contributed by atoms with Crippen molar-refractivity contribution in [3.8, 4) is 0 Å². The zero-order valence-electron chi connectivity index (χ0n) is 11.6. The second-order valence-corrected chi connectivity index (χ2v) is 5.39. The molecule has 0 amide bonds. The van der Waals surface area contributed by atoms with Gasteiger partial charge in [0.25, 0.3) is 0 Å². The van der Waals surface area contributed by atoms with Gasteiger partial charge in [-0.3, -0.25) is 9.58 Å². The average Bonchev–Trinajstić information content (AvgIpc) is 2.68. The first kappa shape index (κ1) is 13.6. The Hall–Kier alpha value is -0.870. The van der Waals surface area contributed by atoms with Crippen LogP contribution < -0.4 is 0 Å². The zero-order chi connectivity index (χ0) is 13.0. The maximum absolute atomic E-state index is 9.26. The van der Waals surface area contributed by atoms with Crippen LogP contribution in [-0.2, 0) is 13.6 Å². The summed E-state index contributed by atoms with van der Waals surface area (Å²) in [4.78, 5) is 2.43. The number of rotatable bonds is 5. The highest BCUT2D eigenvalue weighted by molar-refractivity contribution is 5.08. The molecule has 102 valence electrons. The fraction of sp³-hybridized carbons (Fsp3) is 0.786. The van der Waals surface area contributed by atoms with E-state index in [0.29, 0.717) is 6.04 Å². The predicted molar refractivity (Wildman–Crippen MR) is 72.3 cm³/mol. The first-order valence-electron chi connectivity index (χ1n) is 7.05. The molecular formula is C14H25N3O. The molecule has 0 atom stereocenters. The fourth-order valence-electron chi connectivity index (χ4n) is 2.99. The monoisotopic (exact) mass is 251 g/mol. The van der Waals surface area contributed by atoms with Crippen LogP contribution in [0.1, 0.15) is 43.5 Å². The Morgan fingerprint density at radius 2 is 2.11 bits per heavy atom. The van der Waals surface area contributed by atoms with E-state index in [1.807, 2.05) is 18.7 Å². The number of aliphatic hydroxyl groups is 1. The van der Waals surface area contributed by atoms with Gasteiger partial charge in [-0.25, -0.2) is 0 Å². The molecule has 0 bridgehead atoms. The topological polar surface area (TPSA) is 41.3 Å². The van der Waals surface area contributed by atoms with Gasteiger partial charge < -0.3 is 5.11 Å². The van der Waals surface area contributed by atoms with E-state index in [4.69, 9.17) is 0 Å². The molecule has 0 saturated heterocycles. The van der Waals surface area contributed by atoms with E-state index >= 15 is 0 Å². The average molecular weight is 251 g/mol. The molecule has 4 nitrogen and oxygen atoms in total. The number of nitrogens with zero attached hydrogens (tertiary/aromatic N) is 3. The second-order valence-electron chi connectivity index (χ2n) is 5.39. The summed E-state index contributed by atoms with van der Waals surface area (Å²) < 4.78 is 1.96. The number of aliphatic hydroxyl groups excluding tert-OH is 1. The molecule has 0 unspecified atom stereocenters. The highest BCUT2D eigenvalue weighted by Gasteiger charge is 2.21. The molecule has 1 aliphatic carbocycles. The lowest BCUT2D eigenvalue weighted by Crippen LogP contribution is -2.38. The van der Waals surface area contributed by atoms with E-state index in [-0.39, 0.29) is 6.61 Å². The summed E-state index contributed by atoms with van der Waals surface area (Å²) in [6.45, 7) is 3.95. The maximum Gasteiger partial charge on any atom is 0.0597 e. The Balaban J connectivity index is 2.02. The molecule has 0 aliphatic heterocycles. The van der Waals surface area contributed by atoms with Crippen LogP contribution in [0.5, 0.6) is 0 Å². The molecular weight excluding hydrogens is 226 g/mol. The summed E-state index contributed by atoms with van der Waals surface area (Å²) in [5, 5.41) is 13.7. The van der Waals surface area contributed by atoms with Crippen molar-refractivity contribution < 1.29 is 5.11 Å². The Bertz CT molecular complexity index is 369. The van der Waals surface area contributed by atoms with Crippen LogP contribution in [-0.4, -0.2) is 39.0 Å². The summed E-state index contributed by atoms with van der Waals surface area (Å²) in [5.41, 5.74) is 2.31. The van der Waals surface area contributed by atoms with E-state index in [2.05, 4.69) is 16.1 Å². The van der Waals surface area contributed by atoms with Gasteiger partial charge in [-0.2, -0.15) is 5.10 Å². The molecule has 1 saturated carbocycles. The lowest BCUT2D eigenvalue weighted by atomic mass is 9.94. The van der Waals surface area contributed by atoms with Crippen LogP contribution in [0.3, 0.4) is 0 Å². The number of aromatic nitrogens is 2. The lowest BCUT2D eigenvalue weighted by molar-refractivity contribution is 0.114. The molecule has 0 radical (unpaired) electrons. The predicted octanol–water partition coefficient (Wildman–Crippen LogP) is 1.86. The standard InChI is InChI=1S/C14H25N3O/c1-12-10-14(16(2)15-12)11-17(8-9-18)13-6-4-3-5-7-13/h10,13,18H,3-9,11H2,1-2H3. The van der Waals surface area contributed by atoms with Gasteiger partial charge in [0.1, 0.15) is 0 Å². The van der Waals surface area contributed by atoms with Crippen LogP contribution in [0.15, 0.2) is 6.07 Å². The van der Waals surface area contributed by atoms with Crippen molar-refractivity contribution in [2.45, 2.75) is 51.6 Å². The van der Waals surface area contributed by atoms with Gasteiger partial charge in [-0.15, -0.1) is 0 Å². The van der Waals surface area contributed by atoms with Crippen molar-refractivity contribution in [1.82, 2.24) is 14.7 Å². The van der Waals surface area contributed by atoms with Crippen molar-refractivity contribution >= 4 is 0 Å². The summed E-state index contributed by atoms with van der Waals surface area (Å²) >= 11 is 0. The largest absolute Gasteiger partial charge is 0.395 e. The Kier molecular flexibility index (Phi) is 4.78. The Labute approximate surface area is 110 Å². The van der Waals surface area contributed by atoms with Gasteiger partial charge in [0.2, 0.25) is 0 Å². The van der Waals surface area contributed by atoms with Gasteiger partial charge in [0, 0.05) is 26.2 Å². The summed E-state index contributed by atoms with van der Waals surface area (Å²) in [7, 11) is 2.00. The molecule has 1 fully saturated rings. The number of hydrogen-bond donors (Lipinski definition) is 1. The molecule has 1 aromatic rings. The molecule has 4 heteroatoms. The van der Waals surface area contributed by atoms with E-state index in [9.17, 15) is 5.11 Å². The van der Waals surface area contributed by atoms with E-state index in [1.165, 1.54) is 37.8 Å². The minimum atomic E-state index is 0.243. The molecule has 0 spiro atoms. The molecule has 0 aromatic carbocycles. The van der Waals surface area contributed by atoms with Crippen LogP contribution >= 0.6 is 0 Å². The minimum Gasteiger partial charge on any atom is -0.395 e. The van der Waals surface area contributed by atoms with Crippen molar-refractivity contribution in [2.24, 2.45) is 7.05 Å². The third-order valence-corrected chi connectivity index (χ3v) is 3.94. The molecule has 18 heavy (non-hydrogen) atoms. The van der Waals surface area contributed by atoms with Gasteiger partial charge in [0.15, 0.2) is 0 Å². The van der Waals surface area contributed by atoms with E-state index in [1.54, 1.807) is 0 Å². The quantitative estimate of drug-likeness (QED) is 0.868. The van der Waals surface area contributed by atoms with Gasteiger partial charge in [-0.05, 0) is 25.8 Å². The SMILES string of the molecule is Cc1cc(CN(CCO)C2CCCCC2)n(C)n1. The van der Waals surface area contributed by atoms with Crippen molar-refractivity contribution in [3.05, 3.63) is 17.5 Å². The maximum atomic E-state index is 9.26. The first-order chi connectivity index (χ1) is 8.70. The molecule has 2 rings (SSSR count). The van der Waals surface area contributed by atoms with Crippen LogP contribution in [0.25, 0.3) is 0 Å². The first-order valence-corrected chi connectivity index (χ1v) is 7.05. The second kappa shape index (κ2) is 6.34. The smallest absolute Gasteiger partial charge is 0.0597 e. The summed E-state index contributed by atoms with van der Waals surface area (Å²) in [6.07, 6.45) is 6.58. The third kappa shape index (κ3) is 3.33. The highest BCUT2D eigenvalue weighted by atomic mass is 16.3.